The van der Waals surface area contributed by atoms with Crippen LogP contribution in [0, 0.1) is 0 Å². The van der Waals surface area contributed by atoms with Gasteiger partial charge in [-0.1, -0.05) is 60.1 Å². The van der Waals surface area contributed by atoms with Crippen molar-refractivity contribution in [2.75, 3.05) is 6.54 Å². The lowest BCUT2D eigenvalue weighted by atomic mass is 10.1. The van der Waals surface area contributed by atoms with Crippen molar-refractivity contribution in [2.24, 2.45) is 0 Å². The normalized spacial score (nSPS) is 17.5. The van der Waals surface area contributed by atoms with Crippen LogP contribution in [0.3, 0.4) is 0 Å². The highest BCUT2D eigenvalue weighted by Crippen LogP contribution is 2.28. The van der Waals surface area contributed by atoms with Crippen LogP contribution in [0.25, 0.3) is 10.8 Å². The van der Waals surface area contributed by atoms with E-state index in [4.69, 9.17) is 11.6 Å². The molecule has 0 bridgehead atoms. The van der Waals surface area contributed by atoms with E-state index in [1.165, 1.54) is 4.31 Å². The van der Waals surface area contributed by atoms with Crippen LogP contribution in [-0.4, -0.2) is 31.2 Å². The Morgan fingerprint density at radius 2 is 1.76 bits per heavy atom. The van der Waals surface area contributed by atoms with E-state index < -0.39 is 16.1 Å². The number of halogens is 1. The summed E-state index contributed by atoms with van der Waals surface area (Å²) in [4.78, 5) is 13.0. The van der Waals surface area contributed by atoms with Crippen LogP contribution in [0.1, 0.15) is 18.4 Å². The maximum atomic E-state index is 13.2. The average Bonchev–Trinajstić information content (AvgIpc) is 3.23. The molecule has 0 aliphatic carbocycles. The van der Waals surface area contributed by atoms with Crippen molar-refractivity contribution in [1.82, 2.24) is 9.62 Å². The zero-order chi connectivity index (χ0) is 20.4. The van der Waals surface area contributed by atoms with Crippen molar-refractivity contribution in [1.29, 1.82) is 0 Å². The van der Waals surface area contributed by atoms with Crippen molar-refractivity contribution < 1.29 is 13.2 Å². The van der Waals surface area contributed by atoms with Gasteiger partial charge in [0.15, 0.2) is 0 Å². The second-order valence-electron chi connectivity index (χ2n) is 7.09. The van der Waals surface area contributed by atoms with Crippen molar-refractivity contribution in [3.05, 3.63) is 77.3 Å². The molecule has 0 saturated carbocycles. The first-order chi connectivity index (χ1) is 14.0. The van der Waals surface area contributed by atoms with Crippen LogP contribution < -0.4 is 5.32 Å². The summed E-state index contributed by atoms with van der Waals surface area (Å²) in [6, 6.07) is 19.2. The molecule has 29 heavy (non-hydrogen) atoms. The first kappa shape index (κ1) is 19.9. The van der Waals surface area contributed by atoms with Gasteiger partial charge in [-0.05, 0) is 47.4 Å². The van der Waals surface area contributed by atoms with E-state index in [1.807, 2.05) is 42.5 Å². The van der Waals surface area contributed by atoms with Gasteiger partial charge in [-0.2, -0.15) is 4.31 Å². The van der Waals surface area contributed by atoms with Crippen LogP contribution in [0.5, 0.6) is 0 Å². The standard InChI is InChI=1S/C22H21ClN2O3S/c23-20-9-4-3-8-18(20)15-24-22(26)21-10-5-13-25(21)29(27,28)19-12-11-16-6-1-2-7-17(16)14-19/h1-4,6-9,11-12,14,21H,5,10,13,15H2,(H,24,26). The highest BCUT2D eigenvalue weighted by molar-refractivity contribution is 7.89. The van der Waals surface area contributed by atoms with Gasteiger partial charge in [0.1, 0.15) is 6.04 Å². The summed E-state index contributed by atoms with van der Waals surface area (Å²) >= 11 is 6.14. The maximum Gasteiger partial charge on any atom is 0.243 e. The lowest BCUT2D eigenvalue weighted by Gasteiger charge is -2.23. The van der Waals surface area contributed by atoms with Crippen molar-refractivity contribution >= 4 is 38.3 Å². The van der Waals surface area contributed by atoms with E-state index >= 15 is 0 Å². The van der Waals surface area contributed by atoms with Gasteiger partial charge in [0.2, 0.25) is 15.9 Å². The zero-order valence-corrected chi connectivity index (χ0v) is 17.3. The van der Waals surface area contributed by atoms with Gasteiger partial charge in [0.05, 0.1) is 4.90 Å². The monoisotopic (exact) mass is 428 g/mol. The van der Waals surface area contributed by atoms with Gasteiger partial charge in [-0.15, -0.1) is 0 Å². The molecule has 7 heteroatoms. The van der Waals surface area contributed by atoms with E-state index in [2.05, 4.69) is 5.32 Å². The number of nitrogens with zero attached hydrogens (tertiary/aromatic N) is 1. The van der Waals surface area contributed by atoms with Crippen LogP contribution in [0.2, 0.25) is 5.02 Å². The molecule has 3 aromatic rings. The number of benzene rings is 3. The van der Waals surface area contributed by atoms with E-state index in [9.17, 15) is 13.2 Å². The lowest BCUT2D eigenvalue weighted by Crippen LogP contribution is -2.45. The molecule has 1 unspecified atom stereocenters. The van der Waals surface area contributed by atoms with Crippen molar-refractivity contribution in [3.63, 3.8) is 0 Å². The van der Waals surface area contributed by atoms with Crippen LogP contribution in [-0.2, 0) is 21.4 Å². The first-order valence-corrected chi connectivity index (χ1v) is 11.3. The predicted octanol–water partition coefficient (Wildman–Crippen LogP) is 3.96. The summed E-state index contributed by atoms with van der Waals surface area (Å²) in [7, 11) is -3.77. The third-order valence-corrected chi connectivity index (χ3v) is 7.52. The van der Waals surface area contributed by atoms with Gasteiger partial charge in [-0.25, -0.2) is 8.42 Å². The fourth-order valence-corrected chi connectivity index (χ4v) is 5.59. The number of carbonyl (C=O) groups excluding carboxylic acids is 1. The SMILES string of the molecule is O=C(NCc1ccccc1Cl)C1CCCN1S(=O)(=O)c1ccc2ccccc2c1. The van der Waals surface area contributed by atoms with E-state index in [1.54, 1.807) is 24.3 Å². The Morgan fingerprint density at radius 3 is 2.55 bits per heavy atom. The van der Waals surface area contributed by atoms with Gasteiger partial charge in [0, 0.05) is 18.1 Å². The summed E-state index contributed by atoms with van der Waals surface area (Å²) < 4.78 is 27.8. The Bertz CT molecular complexity index is 1160. The number of fused-ring (bicyclic) bond motifs is 1. The first-order valence-electron chi connectivity index (χ1n) is 9.48. The molecule has 0 spiro atoms. The Hall–Kier alpha value is -2.41. The van der Waals surface area contributed by atoms with Crippen LogP contribution in [0.15, 0.2) is 71.6 Å². The topological polar surface area (TPSA) is 66.5 Å². The van der Waals surface area contributed by atoms with E-state index in [-0.39, 0.29) is 17.3 Å². The molecule has 1 aliphatic heterocycles. The summed E-state index contributed by atoms with van der Waals surface area (Å²) in [6.07, 6.45) is 1.15. The number of sulfonamides is 1. The van der Waals surface area contributed by atoms with Gasteiger partial charge in [0.25, 0.3) is 0 Å². The molecule has 1 heterocycles. The molecule has 1 amide bonds. The van der Waals surface area contributed by atoms with Crippen LogP contribution in [0.4, 0.5) is 0 Å². The van der Waals surface area contributed by atoms with Gasteiger partial charge >= 0.3 is 0 Å². The summed E-state index contributed by atoms with van der Waals surface area (Å²) in [5, 5.41) is 5.23. The highest BCUT2D eigenvalue weighted by atomic mass is 35.5. The number of hydrogen-bond donors (Lipinski definition) is 1. The minimum atomic E-state index is -3.77. The molecule has 1 fully saturated rings. The molecule has 1 atom stereocenters. The quantitative estimate of drug-likeness (QED) is 0.668. The predicted molar refractivity (Wildman–Crippen MR) is 114 cm³/mol. The Balaban J connectivity index is 1.54. The highest BCUT2D eigenvalue weighted by Gasteiger charge is 2.39. The summed E-state index contributed by atoms with van der Waals surface area (Å²) in [6.45, 7) is 0.595. The maximum absolute atomic E-state index is 13.2. The van der Waals surface area contributed by atoms with Crippen molar-refractivity contribution in [2.45, 2.75) is 30.3 Å². The second-order valence-corrected chi connectivity index (χ2v) is 9.39. The number of nitrogens with one attached hydrogen (secondary N) is 1. The average molecular weight is 429 g/mol. The molecule has 1 aliphatic rings. The molecule has 0 aromatic heterocycles. The summed E-state index contributed by atoms with van der Waals surface area (Å²) in [5.41, 5.74) is 0.796. The van der Waals surface area contributed by atoms with Crippen LogP contribution >= 0.6 is 11.6 Å². The molecule has 150 valence electrons. The smallest absolute Gasteiger partial charge is 0.243 e. The van der Waals surface area contributed by atoms with E-state index in [0.29, 0.717) is 24.4 Å². The molecule has 3 aromatic carbocycles. The van der Waals surface area contributed by atoms with E-state index in [0.717, 1.165) is 16.3 Å². The third-order valence-electron chi connectivity index (χ3n) is 5.24. The Morgan fingerprint density at radius 1 is 1.03 bits per heavy atom. The lowest BCUT2D eigenvalue weighted by molar-refractivity contribution is -0.124. The second kappa shape index (κ2) is 8.14. The fourth-order valence-electron chi connectivity index (χ4n) is 3.70. The molecular weight excluding hydrogens is 408 g/mol. The molecular formula is C22H21ClN2O3S. The molecule has 0 radical (unpaired) electrons. The number of rotatable bonds is 5. The largest absolute Gasteiger partial charge is 0.351 e. The number of hydrogen-bond acceptors (Lipinski definition) is 3. The van der Waals surface area contributed by atoms with Gasteiger partial charge < -0.3 is 5.32 Å². The molecule has 1 saturated heterocycles. The minimum absolute atomic E-state index is 0.210. The van der Waals surface area contributed by atoms with Crippen molar-refractivity contribution in [3.8, 4) is 0 Å². The number of amides is 1. The fraction of sp³-hybridized carbons (Fsp3) is 0.227. The minimum Gasteiger partial charge on any atom is -0.351 e. The molecule has 4 rings (SSSR count). The number of carbonyl (C=O) groups is 1. The summed E-state index contributed by atoms with van der Waals surface area (Å²) in [5.74, 6) is -0.299. The Kier molecular flexibility index (Phi) is 5.58. The zero-order valence-electron chi connectivity index (χ0n) is 15.7. The van der Waals surface area contributed by atoms with Gasteiger partial charge in [-0.3, -0.25) is 4.79 Å². The molecule has 1 N–H and O–H groups in total. The third kappa shape index (κ3) is 4.01. The Labute approximate surface area is 175 Å². The molecule has 5 nitrogen and oxygen atoms in total.